The fourth-order valence-electron chi connectivity index (χ4n) is 2.22. The minimum atomic E-state index is -0.743. The molecule has 9 heteroatoms. The second kappa shape index (κ2) is 5.85. The van der Waals surface area contributed by atoms with Crippen LogP contribution in [0.5, 0.6) is 0 Å². The first-order chi connectivity index (χ1) is 11.3. The van der Waals surface area contributed by atoms with E-state index < -0.39 is 21.2 Å². The Hall–Kier alpha value is -3.07. The van der Waals surface area contributed by atoms with Gasteiger partial charge in [0.15, 0.2) is 5.43 Å². The molecule has 24 heavy (non-hydrogen) atoms. The molecule has 1 aromatic heterocycles. The van der Waals surface area contributed by atoms with Crippen LogP contribution in [0.3, 0.4) is 0 Å². The largest absolute Gasteiger partial charge is 0.456 e. The van der Waals surface area contributed by atoms with E-state index in [9.17, 15) is 25.0 Å². The van der Waals surface area contributed by atoms with Gasteiger partial charge in [-0.1, -0.05) is 15.9 Å². The van der Waals surface area contributed by atoms with Crippen LogP contribution in [0.4, 0.5) is 11.4 Å². The van der Waals surface area contributed by atoms with Gasteiger partial charge in [-0.3, -0.25) is 25.0 Å². The molecule has 0 saturated heterocycles. The number of non-ortho nitro benzene ring substituents is 2. The Balaban J connectivity index is 2.27. The van der Waals surface area contributed by atoms with E-state index >= 15 is 0 Å². The highest BCUT2D eigenvalue weighted by Gasteiger charge is 2.19. The molecule has 0 unspecified atom stereocenters. The summed E-state index contributed by atoms with van der Waals surface area (Å²) in [5.41, 5.74) is -0.926. The Morgan fingerprint density at radius 2 is 1.54 bits per heavy atom. The van der Waals surface area contributed by atoms with E-state index in [1.807, 2.05) is 0 Å². The van der Waals surface area contributed by atoms with Gasteiger partial charge in [0.25, 0.3) is 11.4 Å². The van der Waals surface area contributed by atoms with Gasteiger partial charge in [-0.05, 0) is 18.2 Å². The molecule has 0 amide bonds. The van der Waals surface area contributed by atoms with E-state index in [0.29, 0.717) is 9.86 Å². The SMILES string of the molecule is O=c1cc(-c2cc([N+](=O)[O-])cc([N+](=O)[O-])c2)oc2ccc(Br)cc12. The third-order valence-electron chi connectivity index (χ3n) is 3.30. The lowest BCUT2D eigenvalue weighted by Crippen LogP contribution is -2.01. The van der Waals surface area contributed by atoms with Crippen molar-refractivity contribution in [1.29, 1.82) is 0 Å². The zero-order chi connectivity index (χ0) is 17.4. The Bertz CT molecular complexity index is 1030. The average Bonchev–Trinajstić information content (AvgIpc) is 2.54. The van der Waals surface area contributed by atoms with Crippen LogP contribution in [0.2, 0.25) is 0 Å². The highest BCUT2D eigenvalue weighted by atomic mass is 79.9. The molecule has 0 spiro atoms. The van der Waals surface area contributed by atoms with Crippen LogP contribution < -0.4 is 5.43 Å². The van der Waals surface area contributed by atoms with E-state index in [-0.39, 0.29) is 22.3 Å². The van der Waals surface area contributed by atoms with E-state index in [2.05, 4.69) is 15.9 Å². The Morgan fingerprint density at radius 1 is 0.917 bits per heavy atom. The second-order valence-corrected chi connectivity index (χ2v) is 5.78. The molecule has 0 radical (unpaired) electrons. The molecule has 0 saturated carbocycles. The van der Waals surface area contributed by atoms with Crippen molar-refractivity contribution in [2.75, 3.05) is 0 Å². The van der Waals surface area contributed by atoms with Crippen LogP contribution in [0, 0.1) is 20.2 Å². The molecule has 0 aliphatic carbocycles. The second-order valence-electron chi connectivity index (χ2n) is 4.87. The van der Waals surface area contributed by atoms with Crippen molar-refractivity contribution in [3.05, 3.63) is 77.4 Å². The van der Waals surface area contributed by atoms with Crippen molar-refractivity contribution >= 4 is 38.3 Å². The molecular formula is C15H7BrN2O6. The van der Waals surface area contributed by atoms with Gasteiger partial charge in [0, 0.05) is 28.2 Å². The summed E-state index contributed by atoms with van der Waals surface area (Å²) in [7, 11) is 0. The summed E-state index contributed by atoms with van der Waals surface area (Å²) in [6, 6.07) is 9.06. The molecule has 3 rings (SSSR count). The Labute approximate surface area is 141 Å². The standard InChI is InChI=1S/C15H7BrN2O6/c16-9-1-2-14-12(5-9)13(19)7-15(24-14)8-3-10(17(20)21)6-11(4-8)18(22)23/h1-7H. The summed E-state index contributed by atoms with van der Waals surface area (Å²) in [5, 5.41) is 22.2. The number of nitro groups is 2. The smallest absolute Gasteiger partial charge is 0.277 e. The van der Waals surface area contributed by atoms with Gasteiger partial charge >= 0.3 is 0 Å². The summed E-state index contributed by atoms with van der Waals surface area (Å²) < 4.78 is 6.28. The maximum atomic E-state index is 12.2. The van der Waals surface area contributed by atoms with E-state index in [1.54, 1.807) is 18.2 Å². The lowest BCUT2D eigenvalue weighted by atomic mass is 10.1. The average molecular weight is 391 g/mol. The molecular weight excluding hydrogens is 384 g/mol. The minimum Gasteiger partial charge on any atom is -0.456 e. The van der Waals surface area contributed by atoms with Crippen molar-refractivity contribution in [1.82, 2.24) is 0 Å². The molecule has 120 valence electrons. The molecule has 0 bridgehead atoms. The fourth-order valence-corrected chi connectivity index (χ4v) is 2.58. The van der Waals surface area contributed by atoms with Gasteiger partial charge in [-0.2, -0.15) is 0 Å². The van der Waals surface area contributed by atoms with Crippen molar-refractivity contribution in [2.24, 2.45) is 0 Å². The molecule has 0 atom stereocenters. The number of rotatable bonds is 3. The summed E-state index contributed by atoms with van der Waals surface area (Å²) in [6.45, 7) is 0. The van der Waals surface area contributed by atoms with Crippen LogP contribution in [-0.4, -0.2) is 9.85 Å². The summed E-state index contributed by atoms with van der Waals surface area (Å²) in [4.78, 5) is 32.7. The lowest BCUT2D eigenvalue weighted by molar-refractivity contribution is -0.394. The fraction of sp³-hybridized carbons (Fsp3) is 0. The van der Waals surface area contributed by atoms with Gasteiger partial charge in [-0.25, -0.2) is 0 Å². The molecule has 0 aliphatic rings. The molecule has 0 fully saturated rings. The van der Waals surface area contributed by atoms with E-state index in [0.717, 1.165) is 24.3 Å². The van der Waals surface area contributed by atoms with Gasteiger partial charge in [0.05, 0.1) is 21.3 Å². The first kappa shape index (κ1) is 15.8. The molecule has 0 aliphatic heterocycles. The number of nitro benzene ring substituents is 2. The number of hydrogen-bond donors (Lipinski definition) is 0. The maximum Gasteiger partial charge on any atom is 0.277 e. The topological polar surface area (TPSA) is 116 Å². The van der Waals surface area contributed by atoms with Crippen molar-refractivity contribution in [3.8, 4) is 11.3 Å². The predicted octanol–water partition coefficient (Wildman–Crippen LogP) is 4.04. The third kappa shape index (κ3) is 2.88. The Morgan fingerprint density at radius 3 is 2.12 bits per heavy atom. The third-order valence-corrected chi connectivity index (χ3v) is 3.79. The lowest BCUT2D eigenvalue weighted by Gasteiger charge is -2.04. The van der Waals surface area contributed by atoms with Crippen LogP contribution in [0.15, 0.2) is 56.1 Å². The van der Waals surface area contributed by atoms with Crippen molar-refractivity contribution < 1.29 is 14.3 Å². The van der Waals surface area contributed by atoms with Crippen molar-refractivity contribution in [3.63, 3.8) is 0 Å². The first-order valence-corrected chi connectivity index (χ1v) is 7.32. The van der Waals surface area contributed by atoms with E-state index in [1.165, 1.54) is 0 Å². The predicted molar refractivity (Wildman–Crippen MR) is 88.9 cm³/mol. The highest BCUT2D eigenvalue weighted by molar-refractivity contribution is 9.10. The summed E-state index contributed by atoms with van der Waals surface area (Å²) in [5.74, 6) is 0.0154. The van der Waals surface area contributed by atoms with Gasteiger partial charge in [0.1, 0.15) is 11.3 Å². The zero-order valence-corrected chi connectivity index (χ0v) is 13.3. The van der Waals surface area contributed by atoms with Crippen LogP contribution in [0.25, 0.3) is 22.3 Å². The monoisotopic (exact) mass is 390 g/mol. The van der Waals surface area contributed by atoms with Crippen LogP contribution in [0.1, 0.15) is 0 Å². The quantitative estimate of drug-likeness (QED) is 0.491. The minimum absolute atomic E-state index is 0.0154. The summed E-state index contributed by atoms with van der Waals surface area (Å²) >= 11 is 3.25. The van der Waals surface area contributed by atoms with Crippen LogP contribution in [-0.2, 0) is 0 Å². The number of nitrogens with zero attached hydrogens (tertiary/aromatic N) is 2. The molecule has 3 aromatic rings. The zero-order valence-electron chi connectivity index (χ0n) is 11.8. The number of halogens is 1. The highest BCUT2D eigenvalue weighted by Crippen LogP contribution is 2.30. The Kier molecular flexibility index (Phi) is 3.86. The number of benzene rings is 2. The maximum absolute atomic E-state index is 12.2. The van der Waals surface area contributed by atoms with Gasteiger partial charge in [-0.15, -0.1) is 0 Å². The molecule has 8 nitrogen and oxygen atoms in total. The van der Waals surface area contributed by atoms with Gasteiger partial charge < -0.3 is 4.42 Å². The van der Waals surface area contributed by atoms with E-state index in [4.69, 9.17) is 4.42 Å². The van der Waals surface area contributed by atoms with Gasteiger partial charge in [0.2, 0.25) is 0 Å². The molecule has 0 N–H and O–H groups in total. The normalized spacial score (nSPS) is 10.7. The van der Waals surface area contributed by atoms with Crippen molar-refractivity contribution in [2.45, 2.75) is 0 Å². The molecule has 1 heterocycles. The summed E-state index contributed by atoms with van der Waals surface area (Å²) in [6.07, 6.45) is 0. The van der Waals surface area contributed by atoms with Crippen LogP contribution >= 0.6 is 15.9 Å². The number of fused-ring (bicyclic) bond motifs is 1. The first-order valence-electron chi connectivity index (χ1n) is 6.53. The number of hydrogen-bond acceptors (Lipinski definition) is 6. The molecule has 2 aromatic carbocycles.